The molecule has 5 aromatic rings. The van der Waals surface area contributed by atoms with Crippen LogP contribution in [0.25, 0.3) is 43.1 Å². The van der Waals surface area contributed by atoms with Gasteiger partial charge in [0.2, 0.25) is 0 Å². The summed E-state index contributed by atoms with van der Waals surface area (Å²) in [5, 5.41) is 4.18. The van der Waals surface area contributed by atoms with Gasteiger partial charge in [-0.25, -0.2) is 9.59 Å². The van der Waals surface area contributed by atoms with E-state index in [-0.39, 0.29) is 59.6 Å². The van der Waals surface area contributed by atoms with E-state index >= 15 is 0 Å². The van der Waals surface area contributed by atoms with Crippen LogP contribution in [-0.2, 0) is 24.7 Å². The number of hydrogen-bond acceptors (Lipinski definition) is 9. The van der Waals surface area contributed by atoms with Crippen molar-refractivity contribution in [1.29, 1.82) is 0 Å². The van der Waals surface area contributed by atoms with Crippen molar-refractivity contribution in [3.8, 4) is 5.75 Å². The van der Waals surface area contributed by atoms with E-state index in [9.17, 15) is 28.8 Å². The van der Waals surface area contributed by atoms with E-state index in [2.05, 4.69) is 0 Å². The van der Waals surface area contributed by atoms with Gasteiger partial charge in [-0.2, -0.15) is 0 Å². The third-order valence-electron chi connectivity index (χ3n) is 12.5. The van der Waals surface area contributed by atoms with Crippen LogP contribution in [0.4, 0.5) is 0 Å². The number of carbonyl (C=O) groups is 6. The summed E-state index contributed by atoms with van der Waals surface area (Å²) in [6.07, 6.45) is 8.49. The fourth-order valence-corrected chi connectivity index (χ4v) is 10.2. The topological polar surface area (TPSA) is 137 Å². The van der Waals surface area contributed by atoms with Crippen molar-refractivity contribution < 1.29 is 43.0 Å². The zero-order valence-electron chi connectivity index (χ0n) is 30.2. The number of hydrogen-bond donors (Lipinski definition) is 0. The van der Waals surface area contributed by atoms with E-state index in [1.807, 2.05) is 12.1 Å². The lowest BCUT2D eigenvalue weighted by molar-refractivity contribution is -0.181. The first-order valence-corrected chi connectivity index (χ1v) is 19.3. The smallest absolute Gasteiger partial charge is 0.367 e. The average molecular weight is 727 g/mol. The molecule has 0 unspecified atom stereocenters. The van der Waals surface area contributed by atoms with Crippen molar-refractivity contribution in [2.75, 3.05) is 13.2 Å². The molecule has 0 N–H and O–H groups in total. The van der Waals surface area contributed by atoms with Crippen molar-refractivity contribution in [3.05, 3.63) is 64.2 Å². The summed E-state index contributed by atoms with van der Waals surface area (Å²) < 4.78 is 17.9. The van der Waals surface area contributed by atoms with Crippen molar-refractivity contribution in [1.82, 2.24) is 9.80 Å². The number of rotatable bonds is 6. The lowest BCUT2D eigenvalue weighted by Gasteiger charge is -2.40. The van der Waals surface area contributed by atoms with Gasteiger partial charge in [-0.3, -0.25) is 29.0 Å². The van der Waals surface area contributed by atoms with Crippen LogP contribution in [0.2, 0.25) is 0 Å². The highest BCUT2D eigenvalue weighted by Gasteiger charge is 2.58. The summed E-state index contributed by atoms with van der Waals surface area (Å²) in [5.74, 6) is -3.68. The van der Waals surface area contributed by atoms with Gasteiger partial charge in [-0.1, -0.05) is 50.7 Å². The molecule has 2 fully saturated rings. The summed E-state index contributed by atoms with van der Waals surface area (Å²) in [6, 6.07) is 9.68. The van der Waals surface area contributed by atoms with Gasteiger partial charge in [0.1, 0.15) is 5.75 Å². The van der Waals surface area contributed by atoms with E-state index in [0.717, 1.165) is 38.5 Å². The predicted octanol–water partition coefficient (Wildman–Crippen LogP) is 7.31. The Labute approximate surface area is 309 Å². The van der Waals surface area contributed by atoms with Crippen molar-refractivity contribution >= 4 is 78.7 Å². The van der Waals surface area contributed by atoms with Crippen LogP contribution in [0.3, 0.4) is 0 Å². The lowest BCUT2D eigenvalue weighted by atomic mass is 9.75. The molecule has 4 amide bonds. The molecule has 2 saturated carbocycles. The maximum Gasteiger partial charge on any atom is 0.367 e. The monoisotopic (exact) mass is 726 g/mol. The summed E-state index contributed by atoms with van der Waals surface area (Å²) in [6.45, 7) is 3.06. The average Bonchev–Trinajstić information content (AvgIpc) is 3.19. The predicted molar refractivity (Wildman–Crippen MR) is 198 cm³/mol. The van der Waals surface area contributed by atoms with Crippen LogP contribution < -0.4 is 4.74 Å². The zero-order chi connectivity index (χ0) is 37.2. The van der Waals surface area contributed by atoms with E-state index in [4.69, 9.17) is 14.2 Å². The fraction of sp³-hybridized carbons (Fsp3) is 0.395. The molecule has 3 aliphatic heterocycles. The SMILES string of the molecule is CCOC(=O)C1(C(=O)OCC)Oc2cc3c4c(ccc5c6ccc7c8c(cc1c(c2c45)c86)C(=O)N(C1CCCCC1)C7=O)C(=O)N(C1CCCCC1)C3=O. The third kappa shape index (κ3) is 4.07. The Morgan fingerprint density at radius 2 is 1.04 bits per heavy atom. The first kappa shape index (κ1) is 33.0. The molecule has 0 saturated heterocycles. The second kappa shape index (κ2) is 11.7. The molecule has 54 heavy (non-hydrogen) atoms. The summed E-state index contributed by atoms with van der Waals surface area (Å²) in [4.78, 5) is 89.5. The van der Waals surface area contributed by atoms with Crippen molar-refractivity contribution in [2.24, 2.45) is 0 Å². The molecule has 0 aromatic heterocycles. The highest BCUT2D eigenvalue weighted by Crippen LogP contribution is 2.56. The van der Waals surface area contributed by atoms with E-state index in [1.165, 1.54) is 21.9 Å². The number of fused-ring (bicyclic) bond motifs is 1. The Bertz CT molecular complexity index is 2540. The normalized spacial score (nSPS) is 19.8. The Morgan fingerprint density at radius 1 is 0.593 bits per heavy atom. The number of carbonyl (C=O) groups excluding carboxylic acids is 6. The minimum Gasteiger partial charge on any atom is -0.462 e. The maximum atomic E-state index is 14.7. The number of imide groups is 2. The van der Waals surface area contributed by atoms with Crippen molar-refractivity contribution in [3.63, 3.8) is 0 Å². The molecule has 5 aromatic carbocycles. The molecule has 11 nitrogen and oxygen atoms in total. The molecular weight excluding hydrogens is 688 g/mol. The Balaban J connectivity index is 1.35. The van der Waals surface area contributed by atoms with Crippen LogP contribution in [0.5, 0.6) is 5.75 Å². The second-order valence-electron chi connectivity index (χ2n) is 15.2. The Hall–Kier alpha value is -5.58. The molecule has 11 heteroatoms. The molecule has 5 aliphatic rings. The largest absolute Gasteiger partial charge is 0.462 e. The fourth-order valence-electron chi connectivity index (χ4n) is 10.2. The van der Waals surface area contributed by atoms with Gasteiger partial charge in [0.15, 0.2) is 0 Å². The molecule has 0 atom stereocenters. The molecule has 0 bridgehead atoms. The molecular formula is C43H38N2O9. The van der Waals surface area contributed by atoms with E-state index in [0.29, 0.717) is 79.9 Å². The lowest BCUT2D eigenvalue weighted by Crippen LogP contribution is -2.53. The van der Waals surface area contributed by atoms with Gasteiger partial charge in [0, 0.05) is 61.3 Å². The summed E-state index contributed by atoms with van der Waals surface area (Å²) in [7, 11) is 0. The van der Waals surface area contributed by atoms with Crippen LogP contribution >= 0.6 is 0 Å². The first-order valence-electron chi connectivity index (χ1n) is 19.3. The second-order valence-corrected chi connectivity index (χ2v) is 15.2. The van der Waals surface area contributed by atoms with Gasteiger partial charge >= 0.3 is 17.5 Å². The highest BCUT2D eigenvalue weighted by molar-refractivity contribution is 6.43. The van der Waals surface area contributed by atoms with Gasteiger partial charge < -0.3 is 14.2 Å². The molecule has 2 aliphatic carbocycles. The molecule has 3 heterocycles. The molecule has 0 spiro atoms. The Morgan fingerprint density at radius 3 is 1.52 bits per heavy atom. The third-order valence-corrected chi connectivity index (χ3v) is 12.5. The Kier molecular flexibility index (Phi) is 7.16. The van der Waals surface area contributed by atoms with E-state index in [1.54, 1.807) is 26.0 Å². The molecule has 10 rings (SSSR count). The van der Waals surface area contributed by atoms with Crippen molar-refractivity contribution in [2.45, 2.75) is 95.7 Å². The minimum atomic E-state index is -2.52. The quantitative estimate of drug-likeness (QED) is 0.0580. The highest BCUT2D eigenvalue weighted by atomic mass is 16.6. The number of ether oxygens (including phenoxy) is 3. The molecule has 0 radical (unpaired) electrons. The van der Waals surface area contributed by atoms with Gasteiger partial charge in [0.25, 0.3) is 23.6 Å². The molecule has 274 valence electrons. The minimum absolute atomic E-state index is 0.0581. The summed E-state index contributed by atoms with van der Waals surface area (Å²) >= 11 is 0. The zero-order valence-corrected chi connectivity index (χ0v) is 30.2. The first-order chi connectivity index (χ1) is 26.2. The van der Waals surface area contributed by atoms with Gasteiger partial charge in [0.05, 0.1) is 18.8 Å². The van der Waals surface area contributed by atoms with Crippen LogP contribution in [0.1, 0.15) is 125 Å². The van der Waals surface area contributed by atoms with Gasteiger partial charge in [-0.05, 0) is 80.0 Å². The number of benzene rings is 5. The van der Waals surface area contributed by atoms with Gasteiger partial charge in [-0.15, -0.1) is 0 Å². The standard InChI is InChI=1S/C43H38N2O9/c1-3-52-41(50)43(42(51)53-4-2)29-19-27-31-25(37(46)44(39(27)48)21-11-7-5-8-12-21)17-15-23-24-16-18-26-32-28(20-30(54-43)36(34(24)32)35(29)33(23)31)40(49)45(38(26)47)22-13-9-6-10-14-22/h15-22H,3-14H2,1-2H3. The van der Waals surface area contributed by atoms with E-state index < -0.39 is 29.4 Å². The number of amides is 4. The maximum absolute atomic E-state index is 14.7. The van der Waals surface area contributed by atoms with Crippen LogP contribution in [-0.4, -0.2) is 70.7 Å². The number of nitrogens with zero attached hydrogens (tertiary/aromatic N) is 2. The van der Waals surface area contributed by atoms with Crippen LogP contribution in [0, 0.1) is 0 Å². The van der Waals surface area contributed by atoms with Crippen LogP contribution in [0.15, 0.2) is 36.4 Å². The summed E-state index contributed by atoms with van der Waals surface area (Å²) in [5.41, 5.74) is -1.31. The number of esters is 2.